The standard InChI is InChI=1S/C18H12N2O/c1-2-8-16-15(7-1)19-12-17(20-16)13-5-3-6-14(11-13)18-9-4-10-21-18/h1-12H. The molecule has 2 aromatic carbocycles. The number of rotatable bonds is 2. The van der Waals surface area contributed by atoms with Crippen molar-refractivity contribution >= 4 is 11.0 Å². The van der Waals surface area contributed by atoms with Crippen LogP contribution in [0.1, 0.15) is 0 Å². The number of aromatic nitrogens is 2. The molecule has 0 atom stereocenters. The zero-order chi connectivity index (χ0) is 14.1. The smallest absolute Gasteiger partial charge is 0.133 e. The van der Waals surface area contributed by atoms with Gasteiger partial charge in [-0.25, -0.2) is 4.98 Å². The van der Waals surface area contributed by atoms with E-state index in [1.165, 1.54) is 0 Å². The predicted octanol–water partition coefficient (Wildman–Crippen LogP) is 4.56. The molecule has 0 radical (unpaired) electrons. The summed E-state index contributed by atoms with van der Waals surface area (Å²) in [4.78, 5) is 9.14. The van der Waals surface area contributed by atoms with E-state index in [1.54, 1.807) is 6.26 Å². The van der Waals surface area contributed by atoms with Gasteiger partial charge in [0, 0.05) is 11.1 Å². The molecule has 0 saturated heterocycles. The Labute approximate surface area is 121 Å². The van der Waals surface area contributed by atoms with E-state index in [2.05, 4.69) is 16.0 Å². The topological polar surface area (TPSA) is 38.9 Å². The van der Waals surface area contributed by atoms with Gasteiger partial charge in [0.15, 0.2) is 0 Å². The van der Waals surface area contributed by atoms with Gasteiger partial charge in [-0.2, -0.15) is 0 Å². The number of nitrogens with zero attached hydrogens (tertiary/aromatic N) is 2. The van der Waals surface area contributed by atoms with Crippen LogP contribution in [0.15, 0.2) is 77.5 Å². The molecule has 0 aliphatic carbocycles. The second-order valence-corrected chi connectivity index (χ2v) is 4.80. The maximum absolute atomic E-state index is 5.44. The molecule has 0 saturated carbocycles. The lowest BCUT2D eigenvalue weighted by molar-refractivity contribution is 0.582. The number of hydrogen-bond donors (Lipinski definition) is 0. The van der Waals surface area contributed by atoms with Gasteiger partial charge in [-0.3, -0.25) is 4.98 Å². The highest BCUT2D eigenvalue weighted by Gasteiger charge is 2.06. The third-order valence-corrected chi connectivity index (χ3v) is 3.41. The third-order valence-electron chi connectivity index (χ3n) is 3.41. The second-order valence-electron chi connectivity index (χ2n) is 4.80. The molecular weight excluding hydrogens is 260 g/mol. The minimum absolute atomic E-state index is 0.852. The van der Waals surface area contributed by atoms with Gasteiger partial charge < -0.3 is 4.42 Å². The molecule has 0 aliphatic heterocycles. The van der Waals surface area contributed by atoms with Gasteiger partial charge in [0.2, 0.25) is 0 Å². The summed E-state index contributed by atoms with van der Waals surface area (Å²) in [6.45, 7) is 0. The average Bonchev–Trinajstić information content (AvgIpc) is 3.09. The maximum Gasteiger partial charge on any atom is 0.133 e. The molecule has 100 valence electrons. The van der Waals surface area contributed by atoms with Gasteiger partial charge in [-0.1, -0.05) is 30.3 Å². The fraction of sp³-hybridized carbons (Fsp3) is 0. The molecule has 2 heterocycles. The molecule has 21 heavy (non-hydrogen) atoms. The van der Waals surface area contributed by atoms with Gasteiger partial charge in [0.05, 0.1) is 29.2 Å². The maximum atomic E-state index is 5.44. The first-order valence-corrected chi connectivity index (χ1v) is 6.76. The number of benzene rings is 2. The first-order valence-electron chi connectivity index (χ1n) is 6.76. The summed E-state index contributed by atoms with van der Waals surface area (Å²) in [5, 5.41) is 0. The lowest BCUT2D eigenvalue weighted by Gasteiger charge is -2.04. The fourth-order valence-electron chi connectivity index (χ4n) is 2.37. The first-order chi connectivity index (χ1) is 10.4. The highest BCUT2D eigenvalue weighted by molar-refractivity contribution is 5.77. The van der Waals surface area contributed by atoms with E-state index in [1.807, 2.05) is 60.8 Å². The molecule has 3 nitrogen and oxygen atoms in total. The molecule has 0 aliphatic rings. The largest absolute Gasteiger partial charge is 0.464 e. The van der Waals surface area contributed by atoms with Crippen LogP contribution in [-0.2, 0) is 0 Å². The highest BCUT2D eigenvalue weighted by atomic mass is 16.3. The normalized spacial score (nSPS) is 10.9. The van der Waals surface area contributed by atoms with Crippen molar-refractivity contribution < 1.29 is 4.42 Å². The molecule has 4 aromatic rings. The van der Waals surface area contributed by atoms with E-state index in [4.69, 9.17) is 4.42 Å². The van der Waals surface area contributed by atoms with Crippen LogP contribution in [0, 0.1) is 0 Å². The van der Waals surface area contributed by atoms with Crippen LogP contribution in [0.3, 0.4) is 0 Å². The van der Waals surface area contributed by atoms with E-state index in [-0.39, 0.29) is 0 Å². The summed E-state index contributed by atoms with van der Waals surface area (Å²) in [5.41, 5.74) is 4.73. The van der Waals surface area contributed by atoms with Crippen molar-refractivity contribution in [2.75, 3.05) is 0 Å². The second kappa shape index (κ2) is 4.87. The average molecular weight is 272 g/mol. The van der Waals surface area contributed by atoms with Crippen molar-refractivity contribution in [3.63, 3.8) is 0 Å². The van der Waals surface area contributed by atoms with Crippen LogP contribution >= 0.6 is 0 Å². The fourth-order valence-corrected chi connectivity index (χ4v) is 2.37. The van der Waals surface area contributed by atoms with Gasteiger partial charge in [0.25, 0.3) is 0 Å². The molecule has 0 N–H and O–H groups in total. The molecule has 4 rings (SSSR count). The Hall–Kier alpha value is -2.94. The summed E-state index contributed by atoms with van der Waals surface area (Å²) in [6.07, 6.45) is 3.49. The Morgan fingerprint density at radius 2 is 1.62 bits per heavy atom. The zero-order valence-corrected chi connectivity index (χ0v) is 11.2. The lowest BCUT2D eigenvalue weighted by Crippen LogP contribution is -1.88. The van der Waals surface area contributed by atoms with Crippen LogP contribution < -0.4 is 0 Å². The van der Waals surface area contributed by atoms with Gasteiger partial charge in [-0.15, -0.1) is 0 Å². The molecular formula is C18H12N2O. The zero-order valence-electron chi connectivity index (χ0n) is 11.2. The van der Waals surface area contributed by atoms with Gasteiger partial charge in [0.1, 0.15) is 5.76 Å². The molecule has 3 heteroatoms. The van der Waals surface area contributed by atoms with Crippen LogP contribution in [-0.4, -0.2) is 9.97 Å². The van der Waals surface area contributed by atoms with Crippen molar-refractivity contribution in [1.29, 1.82) is 0 Å². The number of hydrogen-bond acceptors (Lipinski definition) is 3. The monoisotopic (exact) mass is 272 g/mol. The Balaban J connectivity index is 1.83. The van der Waals surface area contributed by atoms with Crippen molar-refractivity contribution in [3.8, 4) is 22.6 Å². The first kappa shape index (κ1) is 11.9. The predicted molar refractivity (Wildman–Crippen MR) is 82.7 cm³/mol. The van der Waals surface area contributed by atoms with Crippen LogP contribution in [0.2, 0.25) is 0 Å². The Morgan fingerprint density at radius 1 is 0.762 bits per heavy atom. The van der Waals surface area contributed by atoms with Gasteiger partial charge in [-0.05, 0) is 30.3 Å². The molecule has 0 fully saturated rings. The Bertz CT molecular complexity index is 898. The minimum atomic E-state index is 0.852. The van der Waals surface area contributed by atoms with Gasteiger partial charge >= 0.3 is 0 Å². The number of para-hydroxylation sites is 2. The summed E-state index contributed by atoms with van der Waals surface area (Å²) in [7, 11) is 0. The summed E-state index contributed by atoms with van der Waals surface area (Å²) in [5.74, 6) is 0.852. The van der Waals surface area contributed by atoms with Crippen molar-refractivity contribution in [2.24, 2.45) is 0 Å². The lowest BCUT2D eigenvalue weighted by atomic mass is 10.1. The number of fused-ring (bicyclic) bond motifs is 1. The molecule has 0 spiro atoms. The molecule has 0 bridgehead atoms. The van der Waals surface area contributed by atoms with E-state index < -0.39 is 0 Å². The van der Waals surface area contributed by atoms with E-state index >= 15 is 0 Å². The van der Waals surface area contributed by atoms with Crippen LogP contribution in [0.5, 0.6) is 0 Å². The quantitative estimate of drug-likeness (QED) is 0.537. The van der Waals surface area contributed by atoms with E-state index in [0.717, 1.165) is 33.6 Å². The summed E-state index contributed by atoms with van der Waals surface area (Å²) in [6, 6.07) is 19.8. The summed E-state index contributed by atoms with van der Waals surface area (Å²) < 4.78 is 5.44. The molecule has 0 unspecified atom stereocenters. The summed E-state index contributed by atoms with van der Waals surface area (Å²) >= 11 is 0. The molecule has 0 amide bonds. The van der Waals surface area contributed by atoms with Crippen LogP contribution in [0.25, 0.3) is 33.6 Å². The minimum Gasteiger partial charge on any atom is -0.464 e. The SMILES string of the molecule is c1cc(-c2cnc3ccccc3n2)cc(-c2ccco2)c1. The van der Waals surface area contributed by atoms with E-state index in [9.17, 15) is 0 Å². The Morgan fingerprint density at radius 3 is 2.48 bits per heavy atom. The van der Waals surface area contributed by atoms with E-state index in [0.29, 0.717) is 0 Å². The van der Waals surface area contributed by atoms with Crippen molar-refractivity contribution in [3.05, 3.63) is 73.1 Å². The van der Waals surface area contributed by atoms with Crippen molar-refractivity contribution in [2.45, 2.75) is 0 Å². The molecule has 2 aromatic heterocycles. The highest BCUT2D eigenvalue weighted by Crippen LogP contribution is 2.26. The Kier molecular flexibility index (Phi) is 2.75. The van der Waals surface area contributed by atoms with Crippen LogP contribution in [0.4, 0.5) is 0 Å². The number of furan rings is 1. The van der Waals surface area contributed by atoms with Crippen molar-refractivity contribution in [1.82, 2.24) is 9.97 Å². The third kappa shape index (κ3) is 2.19.